The van der Waals surface area contributed by atoms with Crippen LogP contribution in [0.5, 0.6) is 0 Å². The molecule has 1 atom stereocenters. The molecule has 0 amide bonds. The summed E-state index contributed by atoms with van der Waals surface area (Å²) in [5, 5.41) is 8.38. The number of aliphatic carboxylic acids is 1. The molecule has 0 aromatic heterocycles. The van der Waals surface area contributed by atoms with E-state index in [1.807, 2.05) is 13.8 Å². The number of rotatable bonds is 3. The molecule has 1 N–H and O–H groups in total. The predicted molar refractivity (Wildman–Crippen MR) is 39.8 cm³/mol. The van der Waals surface area contributed by atoms with Gasteiger partial charge in [0.25, 0.3) is 0 Å². The van der Waals surface area contributed by atoms with Crippen LogP contribution in [0.2, 0.25) is 0 Å². The molecule has 0 aliphatic rings. The maximum atomic E-state index is 10.2. The molecular formula is C6H11BrO2. The number of alkyl halides is 1. The van der Waals surface area contributed by atoms with Crippen LogP contribution in [0.15, 0.2) is 0 Å². The van der Waals surface area contributed by atoms with Gasteiger partial charge in [-0.1, -0.05) is 29.8 Å². The molecular weight excluding hydrogens is 184 g/mol. The topological polar surface area (TPSA) is 37.3 Å². The molecule has 0 fully saturated rings. The molecule has 0 saturated heterocycles. The van der Waals surface area contributed by atoms with Crippen LogP contribution in [-0.2, 0) is 4.79 Å². The van der Waals surface area contributed by atoms with Crippen molar-refractivity contribution in [2.24, 2.45) is 5.92 Å². The predicted octanol–water partition coefficient (Wildman–Crippen LogP) is 1.88. The Balaban J connectivity index is 3.50. The Bertz CT molecular complexity index is 101. The van der Waals surface area contributed by atoms with Crippen LogP contribution < -0.4 is 0 Å². The van der Waals surface area contributed by atoms with E-state index in [1.54, 1.807) is 0 Å². The molecule has 0 unspecified atom stereocenters. The summed E-state index contributed by atoms with van der Waals surface area (Å²) in [5.41, 5.74) is 0. The Hall–Kier alpha value is -0.0500. The van der Waals surface area contributed by atoms with Crippen molar-refractivity contribution in [1.82, 2.24) is 0 Å². The molecule has 9 heavy (non-hydrogen) atoms. The third kappa shape index (κ3) is 4.45. The first-order chi connectivity index (χ1) is 4.04. The Morgan fingerprint density at radius 2 is 2.11 bits per heavy atom. The van der Waals surface area contributed by atoms with Crippen LogP contribution in [-0.4, -0.2) is 15.9 Å². The number of hydrogen-bond acceptors (Lipinski definition) is 1. The van der Waals surface area contributed by atoms with Crippen LogP contribution >= 0.6 is 15.9 Å². The van der Waals surface area contributed by atoms with Gasteiger partial charge in [-0.2, -0.15) is 0 Å². The summed E-state index contributed by atoms with van der Waals surface area (Å²) in [6, 6.07) is 0. The van der Waals surface area contributed by atoms with Crippen molar-refractivity contribution in [2.45, 2.75) is 25.1 Å². The first-order valence-electron chi connectivity index (χ1n) is 2.91. The van der Waals surface area contributed by atoms with E-state index in [0.717, 1.165) is 0 Å². The monoisotopic (exact) mass is 194 g/mol. The van der Waals surface area contributed by atoms with E-state index in [9.17, 15) is 4.79 Å². The van der Waals surface area contributed by atoms with Crippen LogP contribution in [0.3, 0.4) is 0 Å². The fourth-order valence-corrected chi connectivity index (χ4v) is 1.26. The van der Waals surface area contributed by atoms with E-state index in [0.29, 0.717) is 12.3 Å². The maximum absolute atomic E-state index is 10.2. The van der Waals surface area contributed by atoms with Crippen LogP contribution in [0, 0.1) is 5.92 Å². The quantitative estimate of drug-likeness (QED) is 0.698. The van der Waals surface area contributed by atoms with Gasteiger partial charge in [-0.25, -0.2) is 0 Å². The summed E-state index contributed by atoms with van der Waals surface area (Å²) < 4.78 is 0. The fraction of sp³-hybridized carbons (Fsp3) is 0.833. The summed E-state index contributed by atoms with van der Waals surface area (Å²) in [6.45, 7) is 3.99. The largest absolute Gasteiger partial charge is 0.480 e. The normalized spacial score (nSPS) is 13.8. The summed E-state index contributed by atoms with van der Waals surface area (Å²) in [5.74, 6) is -0.339. The van der Waals surface area contributed by atoms with Crippen molar-refractivity contribution in [3.05, 3.63) is 0 Å². The van der Waals surface area contributed by atoms with Gasteiger partial charge in [0, 0.05) is 0 Å². The van der Waals surface area contributed by atoms with Crippen molar-refractivity contribution in [3.63, 3.8) is 0 Å². The first kappa shape index (κ1) is 8.95. The highest BCUT2D eigenvalue weighted by Crippen LogP contribution is 2.11. The summed E-state index contributed by atoms with van der Waals surface area (Å²) in [7, 11) is 0. The maximum Gasteiger partial charge on any atom is 0.317 e. The van der Waals surface area contributed by atoms with E-state index < -0.39 is 5.97 Å². The molecule has 0 aromatic carbocycles. The van der Waals surface area contributed by atoms with Gasteiger partial charge in [0.15, 0.2) is 0 Å². The Morgan fingerprint density at radius 3 is 2.22 bits per heavy atom. The lowest BCUT2D eigenvalue weighted by atomic mass is 10.1. The fourth-order valence-electron chi connectivity index (χ4n) is 0.515. The average molecular weight is 195 g/mol. The number of carboxylic acids is 1. The van der Waals surface area contributed by atoms with Crippen molar-refractivity contribution in [2.75, 3.05) is 0 Å². The SMILES string of the molecule is CC(C)C[C@H](Br)C(=O)O. The third-order valence-corrected chi connectivity index (χ3v) is 1.71. The zero-order valence-corrected chi connectivity index (χ0v) is 7.18. The highest BCUT2D eigenvalue weighted by Gasteiger charge is 2.13. The lowest BCUT2D eigenvalue weighted by Crippen LogP contribution is -2.14. The lowest BCUT2D eigenvalue weighted by molar-refractivity contribution is -0.136. The van der Waals surface area contributed by atoms with Gasteiger partial charge in [0.1, 0.15) is 4.83 Å². The molecule has 54 valence electrons. The smallest absolute Gasteiger partial charge is 0.317 e. The Labute approximate surface area is 63.4 Å². The van der Waals surface area contributed by atoms with Gasteiger partial charge in [0.05, 0.1) is 0 Å². The van der Waals surface area contributed by atoms with E-state index in [2.05, 4.69) is 15.9 Å². The number of carboxylic acid groups (broad SMARTS) is 1. The Morgan fingerprint density at radius 1 is 1.67 bits per heavy atom. The van der Waals surface area contributed by atoms with Crippen LogP contribution in [0.4, 0.5) is 0 Å². The molecule has 0 heterocycles. The molecule has 0 bridgehead atoms. The number of hydrogen-bond donors (Lipinski definition) is 1. The second-order valence-electron chi connectivity index (χ2n) is 2.44. The van der Waals surface area contributed by atoms with Crippen LogP contribution in [0.1, 0.15) is 20.3 Å². The van der Waals surface area contributed by atoms with Crippen molar-refractivity contribution in [3.8, 4) is 0 Å². The minimum absolute atomic E-state index is 0.377. The molecule has 0 aliphatic heterocycles. The van der Waals surface area contributed by atoms with E-state index >= 15 is 0 Å². The second kappa shape index (κ2) is 3.88. The zero-order chi connectivity index (χ0) is 7.44. The molecule has 0 aliphatic carbocycles. The van der Waals surface area contributed by atoms with Crippen molar-refractivity contribution >= 4 is 21.9 Å². The molecule has 0 aromatic rings. The second-order valence-corrected chi connectivity index (χ2v) is 3.54. The van der Waals surface area contributed by atoms with E-state index in [-0.39, 0.29) is 4.83 Å². The molecule has 2 nitrogen and oxygen atoms in total. The molecule has 0 radical (unpaired) electrons. The molecule has 0 rings (SSSR count). The molecule has 0 saturated carbocycles. The summed E-state index contributed by atoms with van der Waals surface area (Å²) >= 11 is 3.04. The average Bonchev–Trinajstić information content (AvgIpc) is 1.63. The number of carbonyl (C=O) groups is 1. The molecule has 3 heteroatoms. The minimum Gasteiger partial charge on any atom is -0.480 e. The molecule has 0 spiro atoms. The van der Waals surface area contributed by atoms with E-state index in [4.69, 9.17) is 5.11 Å². The highest BCUT2D eigenvalue weighted by molar-refractivity contribution is 9.10. The first-order valence-corrected chi connectivity index (χ1v) is 3.82. The minimum atomic E-state index is -0.774. The van der Waals surface area contributed by atoms with Gasteiger partial charge in [0.2, 0.25) is 0 Å². The van der Waals surface area contributed by atoms with Crippen molar-refractivity contribution < 1.29 is 9.90 Å². The third-order valence-electron chi connectivity index (χ3n) is 0.946. The summed E-state index contributed by atoms with van der Waals surface area (Å²) in [6.07, 6.45) is 0.690. The van der Waals surface area contributed by atoms with Crippen LogP contribution in [0.25, 0.3) is 0 Å². The van der Waals surface area contributed by atoms with E-state index in [1.165, 1.54) is 0 Å². The summed E-state index contributed by atoms with van der Waals surface area (Å²) in [4.78, 5) is 9.81. The van der Waals surface area contributed by atoms with Gasteiger partial charge in [-0.05, 0) is 12.3 Å². The van der Waals surface area contributed by atoms with Gasteiger partial charge in [-0.15, -0.1) is 0 Å². The zero-order valence-electron chi connectivity index (χ0n) is 5.60. The lowest BCUT2D eigenvalue weighted by Gasteiger charge is -2.05. The standard InChI is InChI=1S/C6H11BrO2/c1-4(2)3-5(7)6(8)9/h4-5H,3H2,1-2H3,(H,8,9)/t5-/m0/s1. The van der Waals surface area contributed by atoms with Gasteiger partial charge >= 0.3 is 5.97 Å². The van der Waals surface area contributed by atoms with Gasteiger partial charge in [-0.3, -0.25) is 4.79 Å². The highest BCUT2D eigenvalue weighted by atomic mass is 79.9. The van der Waals surface area contributed by atoms with Crippen molar-refractivity contribution in [1.29, 1.82) is 0 Å². The Kier molecular flexibility index (Phi) is 3.86. The number of halogens is 1. The van der Waals surface area contributed by atoms with Gasteiger partial charge < -0.3 is 5.11 Å².